The highest BCUT2D eigenvalue weighted by Gasteiger charge is 2.11. The molecule has 2 rings (SSSR count). The maximum Gasteiger partial charge on any atom is 0.141 e. The molecule has 4 heteroatoms. The van der Waals surface area contributed by atoms with Crippen molar-refractivity contribution in [2.75, 3.05) is 7.11 Å². The molecule has 0 radical (unpaired) electrons. The fourth-order valence-electron chi connectivity index (χ4n) is 1.47. The Morgan fingerprint density at radius 3 is 2.93 bits per heavy atom. The Labute approximate surface area is 91.5 Å². The maximum atomic E-state index is 9.16. The van der Waals surface area contributed by atoms with Crippen molar-refractivity contribution in [1.29, 1.82) is 0 Å². The molecule has 1 heterocycles. The van der Waals surface area contributed by atoms with Crippen LogP contribution < -0.4 is 4.74 Å². The molecule has 0 aliphatic carbocycles. The van der Waals surface area contributed by atoms with Crippen molar-refractivity contribution in [2.45, 2.75) is 11.5 Å². The first-order valence-electron chi connectivity index (χ1n) is 4.14. The highest BCUT2D eigenvalue weighted by molar-refractivity contribution is 7.80. The number of hydrogen-bond acceptors (Lipinski definition) is 4. The molecule has 14 heavy (non-hydrogen) atoms. The molecule has 1 aromatic heterocycles. The van der Waals surface area contributed by atoms with Crippen molar-refractivity contribution in [3.05, 3.63) is 23.1 Å². The summed E-state index contributed by atoms with van der Waals surface area (Å²) in [6, 6.07) is 3.89. The maximum absolute atomic E-state index is 9.16. The topological polar surface area (TPSA) is 29.5 Å². The van der Waals surface area contributed by atoms with E-state index >= 15 is 0 Å². The van der Waals surface area contributed by atoms with Crippen LogP contribution in [-0.4, -0.2) is 12.2 Å². The third kappa shape index (κ3) is 1.39. The summed E-state index contributed by atoms with van der Waals surface area (Å²) in [6.45, 7) is 0.0353. The molecule has 0 saturated carbocycles. The Morgan fingerprint density at radius 1 is 1.50 bits per heavy atom. The van der Waals surface area contributed by atoms with Gasteiger partial charge in [0, 0.05) is 15.0 Å². The molecule has 0 atom stereocenters. The minimum Gasteiger partial charge on any atom is -0.495 e. The van der Waals surface area contributed by atoms with E-state index in [2.05, 4.69) is 12.6 Å². The number of fused-ring (bicyclic) bond motifs is 1. The first-order valence-corrected chi connectivity index (χ1v) is 5.47. The molecule has 0 unspecified atom stereocenters. The molecule has 2 aromatic rings. The molecule has 0 aliphatic rings. The van der Waals surface area contributed by atoms with Gasteiger partial charge in [-0.05, 0) is 23.1 Å². The van der Waals surface area contributed by atoms with Gasteiger partial charge in [-0.25, -0.2) is 0 Å². The fraction of sp³-hybridized carbons (Fsp3) is 0.200. The van der Waals surface area contributed by atoms with E-state index in [1.165, 1.54) is 0 Å². The Balaban J connectivity index is 2.81. The van der Waals surface area contributed by atoms with E-state index < -0.39 is 0 Å². The average Bonchev–Trinajstić information content (AvgIpc) is 2.61. The highest BCUT2D eigenvalue weighted by atomic mass is 32.1. The van der Waals surface area contributed by atoms with E-state index in [9.17, 15) is 0 Å². The van der Waals surface area contributed by atoms with Gasteiger partial charge in [-0.15, -0.1) is 24.0 Å². The molecule has 0 bridgehead atoms. The van der Waals surface area contributed by atoms with E-state index in [0.717, 1.165) is 26.3 Å². The third-order valence-corrected chi connectivity index (χ3v) is 3.47. The molecule has 0 aliphatic heterocycles. The Morgan fingerprint density at radius 2 is 2.29 bits per heavy atom. The van der Waals surface area contributed by atoms with Crippen LogP contribution in [0.3, 0.4) is 0 Å². The van der Waals surface area contributed by atoms with Gasteiger partial charge in [0.25, 0.3) is 0 Å². The van der Waals surface area contributed by atoms with Crippen LogP contribution in [0, 0.1) is 0 Å². The van der Waals surface area contributed by atoms with Gasteiger partial charge in [0.2, 0.25) is 0 Å². The number of ether oxygens (including phenoxy) is 1. The zero-order chi connectivity index (χ0) is 10.1. The summed E-state index contributed by atoms with van der Waals surface area (Å²) in [5.41, 5.74) is 0.901. The SMILES string of the molecule is COc1c(S)ccc2scc(CO)c12. The van der Waals surface area contributed by atoms with Gasteiger partial charge in [-0.3, -0.25) is 0 Å². The lowest BCUT2D eigenvalue weighted by atomic mass is 10.1. The summed E-state index contributed by atoms with van der Waals surface area (Å²) in [7, 11) is 1.62. The van der Waals surface area contributed by atoms with Gasteiger partial charge in [0.15, 0.2) is 0 Å². The minimum absolute atomic E-state index is 0.0353. The molecule has 1 N–H and O–H groups in total. The van der Waals surface area contributed by atoms with E-state index in [1.54, 1.807) is 18.4 Å². The van der Waals surface area contributed by atoms with Gasteiger partial charge in [-0.2, -0.15) is 0 Å². The molecular formula is C10H10O2S2. The first kappa shape index (κ1) is 9.83. The zero-order valence-electron chi connectivity index (χ0n) is 7.65. The predicted molar refractivity (Wildman–Crippen MR) is 61.6 cm³/mol. The Kier molecular flexibility index (Phi) is 2.67. The van der Waals surface area contributed by atoms with Crippen LogP contribution >= 0.6 is 24.0 Å². The monoisotopic (exact) mass is 226 g/mol. The molecule has 0 saturated heterocycles. The number of benzene rings is 1. The Hall–Kier alpha value is -0.710. The molecular weight excluding hydrogens is 216 g/mol. The quantitative estimate of drug-likeness (QED) is 0.771. The minimum atomic E-state index is 0.0353. The number of thiol groups is 1. The van der Waals surface area contributed by atoms with E-state index in [-0.39, 0.29) is 6.61 Å². The second-order valence-electron chi connectivity index (χ2n) is 2.91. The Bertz CT molecular complexity index is 462. The number of rotatable bonds is 2. The van der Waals surface area contributed by atoms with Gasteiger partial charge in [0.05, 0.1) is 13.7 Å². The van der Waals surface area contributed by atoms with E-state index in [4.69, 9.17) is 9.84 Å². The summed E-state index contributed by atoms with van der Waals surface area (Å²) in [5, 5.41) is 12.1. The predicted octanol–water partition coefficient (Wildman–Crippen LogP) is 2.69. The largest absolute Gasteiger partial charge is 0.495 e. The second-order valence-corrected chi connectivity index (χ2v) is 4.30. The molecule has 1 aromatic carbocycles. The van der Waals surface area contributed by atoms with Crippen LogP contribution in [-0.2, 0) is 6.61 Å². The van der Waals surface area contributed by atoms with Gasteiger partial charge in [-0.1, -0.05) is 0 Å². The van der Waals surface area contributed by atoms with Crippen molar-refractivity contribution in [3.63, 3.8) is 0 Å². The third-order valence-electron chi connectivity index (χ3n) is 2.12. The van der Waals surface area contributed by atoms with Gasteiger partial charge in [0.1, 0.15) is 5.75 Å². The van der Waals surface area contributed by atoms with Crippen LogP contribution in [0.2, 0.25) is 0 Å². The van der Waals surface area contributed by atoms with Crippen LogP contribution in [0.1, 0.15) is 5.56 Å². The van der Waals surface area contributed by atoms with Crippen LogP contribution in [0.15, 0.2) is 22.4 Å². The van der Waals surface area contributed by atoms with Crippen molar-refractivity contribution >= 4 is 34.1 Å². The lowest BCUT2D eigenvalue weighted by molar-refractivity contribution is 0.283. The molecule has 0 fully saturated rings. The van der Waals surface area contributed by atoms with Crippen molar-refractivity contribution < 1.29 is 9.84 Å². The second kappa shape index (κ2) is 3.81. The van der Waals surface area contributed by atoms with Crippen molar-refractivity contribution in [3.8, 4) is 5.75 Å². The summed E-state index contributed by atoms with van der Waals surface area (Å²) in [5.74, 6) is 0.746. The standard InChI is InChI=1S/C10H10O2S2/c1-12-10-7(13)2-3-8-9(10)6(4-11)5-14-8/h2-3,5,11,13H,4H2,1H3. The van der Waals surface area contributed by atoms with Crippen molar-refractivity contribution in [1.82, 2.24) is 0 Å². The number of thiophene rings is 1. The number of aliphatic hydroxyl groups excluding tert-OH is 1. The van der Waals surface area contributed by atoms with Crippen LogP contribution in [0.25, 0.3) is 10.1 Å². The summed E-state index contributed by atoms with van der Waals surface area (Å²) in [6.07, 6.45) is 0. The van der Waals surface area contributed by atoms with Gasteiger partial charge >= 0.3 is 0 Å². The normalized spacial score (nSPS) is 10.8. The summed E-state index contributed by atoms with van der Waals surface area (Å²) >= 11 is 5.92. The van der Waals surface area contributed by atoms with Gasteiger partial charge < -0.3 is 9.84 Å². The first-order chi connectivity index (χ1) is 6.77. The van der Waals surface area contributed by atoms with Crippen LogP contribution in [0.5, 0.6) is 5.75 Å². The zero-order valence-corrected chi connectivity index (χ0v) is 9.36. The summed E-state index contributed by atoms with van der Waals surface area (Å²) in [4.78, 5) is 0.799. The average molecular weight is 226 g/mol. The lowest BCUT2D eigenvalue weighted by Gasteiger charge is -2.06. The fourth-order valence-corrected chi connectivity index (χ4v) is 2.70. The number of methoxy groups -OCH3 is 1. The number of hydrogen-bond donors (Lipinski definition) is 2. The summed E-state index contributed by atoms with van der Waals surface area (Å²) < 4.78 is 6.39. The van der Waals surface area contributed by atoms with Crippen LogP contribution in [0.4, 0.5) is 0 Å². The highest BCUT2D eigenvalue weighted by Crippen LogP contribution is 2.37. The lowest BCUT2D eigenvalue weighted by Crippen LogP contribution is -1.88. The molecule has 0 amide bonds. The molecule has 74 valence electrons. The van der Waals surface area contributed by atoms with Crippen molar-refractivity contribution in [2.24, 2.45) is 0 Å². The smallest absolute Gasteiger partial charge is 0.141 e. The number of aliphatic hydroxyl groups is 1. The molecule has 0 spiro atoms. The molecule has 2 nitrogen and oxygen atoms in total. The van der Waals surface area contributed by atoms with E-state index in [0.29, 0.717) is 0 Å². The van der Waals surface area contributed by atoms with E-state index in [1.807, 2.05) is 17.5 Å².